The minimum atomic E-state index is -0.479. The maximum Gasteiger partial charge on any atom is 0.413 e. The van der Waals surface area contributed by atoms with E-state index in [2.05, 4.69) is 10.1 Å². The largest absolute Gasteiger partial charge is 0.452 e. The second-order valence-electron chi connectivity index (χ2n) is 4.63. The van der Waals surface area contributed by atoms with Gasteiger partial charge in [0.2, 0.25) is 0 Å². The van der Waals surface area contributed by atoms with Crippen molar-refractivity contribution < 1.29 is 14.3 Å². The summed E-state index contributed by atoms with van der Waals surface area (Å²) in [6.07, 6.45) is -0.479. The number of amides is 2. The average Bonchev–Trinajstić information content (AvgIpc) is 2.56. The molecule has 0 spiro atoms. The van der Waals surface area contributed by atoms with Gasteiger partial charge in [0.1, 0.15) is 0 Å². The van der Waals surface area contributed by atoms with Crippen LogP contribution in [0.1, 0.15) is 10.4 Å². The molecule has 0 aliphatic heterocycles. The van der Waals surface area contributed by atoms with Crippen molar-refractivity contribution in [1.29, 1.82) is 0 Å². The first-order chi connectivity index (χ1) is 10.9. The minimum Gasteiger partial charge on any atom is -0.452 e. The number of halogens is 2. The van der Waals surface area contributed by atoms with Crippen LogP contribution in [0.5, 0.6) is 0 Å². The number of carbonyl (C=O) groups is 2. The van der Waals surface area contributed by atoms with E-state index >= 15 is 0 Å². The van der Waals surface area contributed by atoms with Crippen molar-refractivity contribution in [2.75, 3.05) is 24.4 Å². The van der Waals surface area contributed by atoms with Crippen molar-refractivity contribution in [1.82, 2.24) is 0 Å². The van der Waals surface area contributed by atoms with Gasteiger partial charge in [-0.25, -0.2) is 4.79 Å². The van der Waals surface area contributed by atoms with Gasteiger partial charge in [-0.3, -0.25) is 9.69 Å². The van der Waals surface area contributed by atoms with Gasteiger partial charge in [0, 0.05) is 18.4 Å². The molecule has 2 rings (SSSR count). The quantitative estimate of drug-likeness (QED) is 0.887. The standard InChI is InChI=1S/C16H14Cl2N2O3/c1-20(16(22)23-2)11-8-6-10(7-9-11)19-15(21)12-4-3-5-13(17)14(12)18/h3-9H,1-2H3,(H,19,21). The van der Waals surface area contributed by atoms with Crippen LogP contribution in [0, 0.1) is 0 Å². The molecule has 2 aromatic carbocycles. The normalized spacial score (nSPS) is 10.1. The molecule has 0 heterocycles. The van der Waals surface area contributed by atoms with Crippen LogP contribution >= 0.6 is 23.2 Å². The van der Waals surface area contributed by atoms with Crippen molar-refractivity contribution in [2.24, 2.45) is 0 Å². The molecule has 0 aliphatic carbocycles. The fourth-order valence-electron chi connectivity index (χ4n) is 1.89. The molecule has 0 fully saturated rings. The van der Waals surface area contributed by atoms with Gasteiger partial charge in [-0.1, -0.05) is 29.3 Å². The summed E-state index contributed by atoms with van der Waals surface area (Å²) in [5.74, 6) is -0.369. The van der Waals surface area contributed by atoms with Crippen LogP contribution in [0.4, 0.5) is 16.2 Å². The predicted octanol–water partition coefficient (Wildman–Crippen LogP) is 4.45. The molecular formula is C16H14Cl2N2O3. The Kier molecular flexibility index (Phi) is 5.47. The number of benzene rings is 2. The third-order valence-corrected chi connectivity index (χ3v) is 3.98. The van der Waals surface area contributed by atoms with Gasteiger partial charge >= 0.3 is 6.09 Å². The maximum atomic E-state index is 12.2. The number of rotatable bonds is 3. The number of hydrogen-bond donors (Lipinski definition) is 1. The van der Waals surface area contributed by atoms with Crippen LogP contribution in [0.25, 0.3) is 0 Å². The maximum absolute atomic E-state index is 12.2. The van der Waals surface area contributed by atoms with Crippen LogP contribution < -0.4 is 10.2 Å². The molecule has 0 atom stereocenters. The summed E-state index contributed by atoms with van der Waals surface area (Å²) >= 11 is 11.9. The Morgan fingerprint density at radius 2 is 1.74 bits per heavy atom. The van der Waals surface area contributed by atoms with Crippen LogP contribution in [-0.2, 0) is 4.74 Å². The fraction of sp³-hybridized carbons (Fsp3) is 0.125. The SMILES string of the molecule is COC(=O)N(C)c1ccc(NC(=O)c2cccc(Cl)c2Cl)cc1. The number of ether oxygens (including phenoxy) is 1. The summed E-state index contributed by atoms with van der Waals surface area (Å²) in [7, 11) is 2.90. The highest BCUT2D eigenvalue weighted by Crippen LogP contribution is 2.26. The smallest absolute Gasteiger partial charge is 0.413 e. The van der Waals surface area contributed by atoms with Crippen molar-refractivity contribution in [3.05, 3.63) is 58.1 Å². The van der Waals surface area contributed by atoms with Gasteiger partial charge in [0.25, 0.3) is 5.91 Å². The van der Waals surface area contributed by atoms with Crippen molar-refractivity contribution >= 4 is 46.6 Å². The third kappa shape index (κ3) is 3.94. The Morgan fingerprint density at radius 1 is 1.09 bits per heavy atom. The van der Waals surface area contributed by atoms with E-state index in [1.54, 1.807) is 49.5 Å². The molecule has 0 saturated carbocycles. The molecule has 120 valence electrons. The molecule has 5 nitrogen and oxygen atoms in total. The second-order valence-corrected chi connectivity index (χ2v) is 5.42. The molecule has 0 bridgehead atoms. The highest BCUT2D eigenvalue weighted by atomic mass is 35.5. The number of nitrogens with one attached hydrogen (secondary N) is 1. The summed E-state index contributed by atoms with van der Waals surface area (Å²) in [5, 5.41) is 3.24. The molecule has 0 radical (unpaired) electrons. The van der Waals surface area contributed by atoms with Crippen LogP contribution in [0.2, 0.25) is 10.0 Å². The Labute approximate surface area is 143 Å². The summed E-state index contributed by atoms with van der Waals surface area (Å²) in [6.45, 7) is 0. The van der Waals surface area contributed by atoms with E-state index < -0.39 is 6.09 Å². The number of nitrogens with zero attached hydrogens (tertiary/aromatic N) is 1. The van der Waals surface area contributed by atoms with Gasteiger partial charge in [-0.15, -0.1) is 0 Å². The summed E-state index contributed by atoms with van der Waals surface area (Å²) in [6, 6.07) is 11.6. The first kappa shape index (κ1) is 17.1. The lowest BCUT2D eigenvalue weighted by molar-refractivity contribution is 0.102. The molecule has 0 unspecified atom stereocenters. The summed E-state index contributed by atoms with van der Waals surface area (Å²) in [5.41, 5.74) is 1.48. The van der Waals surface area contributed by atoms with E-state index in [0.29, 0.717) is 16.4 Å². The Hall–Kier alpha value is -2.24. The third-order valence-electron chi connectivity index (χ3n) is 3.16. The highest BCUT2D eigenvalue weighted by Gasteiger charge is 2.14. The molecule has 0 saturated heterocycles. The zero-order valence-corrected chi connectivity index (χ0v) is 14.0. The minimum absolute atomic E-state index is 0.203. The zero-order valence-electron chi connectivity index (χ0n) is 12.5. The van der Waals surface area contributed by atoms with Crippen molar-refractivity contribution in [3.63, 3.8) is 0 Å². The lowest BCUT2D eigenvalue weighted by Gasteiger charge is -2.16. The number of hydrogen-bond acceptors (Lipinski definition) is 3. The van der Waals surface area contributed by atoms with E-state index in [4.69, 9.17) is 23.2 Å². The second kappa shape index (κ2) is 7.35. The summed E-state index contributed by atoms with van der Waals surface area (Å²) in [4.78, 5) is 25.0. The zero-order chi connectivity index (χ0) is 17.0. The van der Waals surface area contributed by atoms with Gasteiger partial charge < -0.3 is 10.1 Å². The Morgan fingerprint density at radius 3 is 2.35 bits per heavy atom. The lowest BCUT2D eigenvalue weighted by Crippen LogP contribution is -2.25. The fourth-order valence-corrected chi connectivity index (χ4v) is 2.27. The van der Waals surface area contributed by atoms with Crippen LogP contribution in [-0.4, -0.2) is 26.2 Å². The van der Waals surface area contributed by atoms with Gasteiger partial charge in [0.05, 0.1) is 22.7 Å². The van der Waals surface area contributed by atoms with Crippen LogP contribution in [0.15, 0.2) is 42.5 Å². The molecule has 0 aliphatic rings. The monoisotopic (exact) mass is 352 g/mol. The topological polar surface area (TPSA) is 58.6 Å². The lowest BCUT2D eigenvalue weighted by atomic mass is 10.2. The first-order valence-electron chi connectivity index (χ1n) is 6.61. The molecule has 2 amide bonds. The first-order valence-corrected chi connectivity index (χ1v) is 7.36. The molecule has 2 aromatic rings. The van der Waals surface area contributed by atoms with Crippen molar-refractivity contribution in [2.45, 2.75) is 0 Å². The van der Waals surface area contributed by atoms with E-state index in [-0.39, 0.29) is 16.5 Å². The Balaban J connectivity index is 2.13. The highest BCUT2D eigenvalue weighted by molar-refractivity contribution is 6.44. The van der Waals surface area contributed by atoms with E-state index in [1.165, 1.54) is 12.0 Å². The average molecular weight is 353 g/mol. The number of carbonyl (C=O) groups excluding carboxylic acids is 2. The van der Waals surface area contributed by atoms with E-state index in [0.717, 1.165) is 0 Å². The Bertz CT molecular complexity index is 733. The van der Waals surface area contributed by atoms with Gasteiger partial charge in [0.15, 0.2) is 0 Å². The molecule has 1 N–H and O–H groups in total. The van der Waals surface area contributed by atoms with Gasteiger partial charge in [-0.05, 0) is 36.4 Å². The summed E-state index contributed by atoms with van der Waals surface area (Å²) < 4.78 is 4.63. The van der Waals surface area contributed by atoms with Gasteiger partial charge in [-0.2, -0.15) is 0 Å². The van der Waals surface area contributed by atoms with Crippen LogP contribution in [0.3, 0.4) is 0 Å². The molecule has 0 aromatic heterocycles. The predicted molar refractivity (Wildman–Crippen MR) is 91.7 cm³/mol. The van der Waals surface area contributed by atoms with E-state index in [9.17, 15) is 9.59 Å². The van der Waals surface area contributed by atoms with Crippen molar-refractivity contribution in [3.8, 4) is 0 Å². The molecule has 23 heavy (non-hydrogen) atoms. The molecular weight excluding hydrogens is 339 g/mol. The number of methoxy groups -OCH3 is 1. The van der Waals surface area contributed by atoms with E-state index in [1.807, 2.05) is 0 Å². The number of anilines is 2. The molecule has 7 heteroatoms.